The summed E-state index contributed by atoms with van der Waals surface area (Å²) >= 11 is 1.57. The summed E-state index contributed by atoms with van der Waals surface area (Å²) in [5.41, 5.74) is 0.302. The molecule has 0 spiro atoms. The SMILES string of the molecule is CCCSCC(O)c1cc(F)cc(F)c1. The molecule has 1 aromatic rings. The van der Waals surface area contributed by atoms with Crippen LogP contribution in [0.4, 0.5) is 8.78 Å². The van der Waals surface area contributed by atoms with E-state index in [0.717, 1.165) is 18.2 Å². The maximum Gasteiger partial charge on any atom is 0.126 e. The normalized spacial score (nSPS) is 12.8. The lowest BCUT2D eigenvalue weighted by molar-refractivity contribution is 0.203. The van der Waals surface area contributed by atoms with Crippen LogP contribution in [0.25, 0.3) is 0 Å². The van der Waals surface area contributed by atoms with Crippen molar-refractivity contribution in [2.45, 2.75) is 19.4 Å². The minimum atomic E-state index is -0.799. The average molecular weight is 232 g/mol. The highest BCUT2D eigenvalue weighted by molar-refractivity contribution is 7.99. The van der Waals surface area contributed by atoms with Crippen LogP contribution in [-0.2, 0) is 0 Å². The Morgan fingerprint density at radius 1 is 1.27 bits per heavy atom. The molecule has 1 nitrogen and oxygen atoms in total. The second-order valence-electron chi connectivity index (χ2n) is 3.29. The first-order chi connectivity index (χ1) is 7.13. The molecule has 0 saturated heterocycles. The van der Waals surface area contributed by atoms with E-state index in [1.165, 1.54) is 12.1 Å². The minimum absolute atomic E-state index is 0.302. The van der Waals surface area contributed by atoms with Gasteiger partial charge in [0.05, 0.1) is 6.10 Å². The highest BCUT2D eigenvalue weighted by Gasteiger charge is 2.10. The van der Waals surface area contributed by atoms with Crippen molar-refractivity contribution in [3.8, 4) is 0 Å². The molecule has 0 aliphatic rings. The number of hydrogen-bond acceptors (Lipinski definition) is 2. The zero-order chi connectivity index (χ0) is 11.3. The van der Waals surface area contributed by atoms with Crippen molar-refractivity contribution in [3.63, 3.8) is 0 Å². The molecular formula is C11H14F2OS. The fourth-order valence-corrected chi connectivity index (χ4v) is 2.07. The van der Waals surface area contributed by atoms with Gasteiger partial charge in [-0.1, -0.05) is 6.92 Å². The van der Waals surface area contributed by atoms with E-state index in [1.807, 2.05) is 6.92 Å². The van der Waals surface area contributed by atoms with Crippen LogP contribution >= 0.6 is 11.8 Å². The lowest BCUT2D eigenvalue weighted by Crippen LogP contribution is -2.02. The topological polar surface area (TPSA) is 20.2 Å². The van der Waals surface area contributed by atoms with Crippen LogP contribution in [0, 0.1) is 11.6 Å². The van der Waals surface area contributed by atoms with Crippen molar-refractivity contribution in [3.05, 3.63) is 35.4 Å². The van der Waals surface area contributed by atoms with Gasteiger partial charge in [-0.25, -0.2) is 8.78 Å². The Bertz CT molecular complexity index is 297. The molecule has 84 valence electrons. The van der Waals surface area contributed by atoms with Gasteiger partial charge in [-0.05, 0) is 29.9 Å². The Labute approximate surface area is 92.5 Å². The molecule has 0 aliphatic heterocycles. The molecule has 0 amide bonds. The van der Waals surface area contributed by atoms with Gasteiger partial charge in [-0.15, -0.1) is 0 Å². The predicted octanol–water partition coefficient (Wildman–Crippen LogP) is 3.14. The smallest absolute Gasteiger partial charge is 0.126 e. The van der Waals surface area contributed by atoms with Crippen molar-refractivity contribution in [2.75, 3.05) is 11.5 Å². The molecule has 0 fully saturated rings. The van der Waals surface area contributed by atoms with E-state index in [-0.39, 0.29) is 0 Å². The summed E-state index contributed by atoms with van der Waals surface area (Å²) in [7, 11) is 0. The molecule has 1 rings (SSSR count). The Morgan fingerprint density at radius 2 is 1.87 bits per heavy atom. The van der Waals surface area contributed by atoms with Gasteiger partial charge in [0.15, 0.2) is 0 Å². The van der Waals surface area contributed by atoms with Gasteiger partial charge in [-0.2, -0.15) is 11.8 Å². The Morgan fingerprint density at radius 3 is 2.40 bits per heavy atom. The first-order valence-corrected chi connectivity index (χ1v) is 6.00. The van der Waals surface area contributed by atoms with Gasteiger partial charge in [0.25, 0.3) is 0 Å². The number of rotatable bonds is 5. The number of thioether (sulfide) groups is 1. The van der Waals surface area contributed by atoms with E-state index in [1.54, 1.807) is 11.8 Å². The number of halogens is 2. The summed E-state index contributed by atoms with van der Waals surface area (Å²) in [6.07, 6.45) is 0.223. The molecule has 0 saturated carbocycles. The summed E-state index contributed by atoms with van der Waals surface area (Å²) in [6, 6.07) is 3.13. The molecule has 0 aromatic heterocycles. The summed E-state index contributed by atoms with van der Waals surface area (Å²) in [5.74, 6) is 0.111. The number of hydrogen-bond donors (Lipinski definition) is 1. The molecule has 0 heterocycles. The van der Waals surface area contributed by atoms with E-state index in [0.29, 0.717) is 11.3 Å². The minimum Gasteiger partial charge on any atom is -0.388 e. The average Bonchev–Trinajstić information content (AvgIpc) is 2.16. The van der Waals surface area contributed by atoms with Gasteiger partial charge in [0.2, 0.25) is 0 Å². The summed E-state index contributed by atoms with van der Waals surface area (Å²) in [5, 5.41) is 9.64. The van der Waals surface area contributed by atoms with Crippen molar-refractivity contribution in [1.29, 1.82) is 0 Å². The van der Waals surface area contributed by atoms with Gasteiger partial charge in [0.1, 0.15) is 11.6 Å². The van der Waals surface area contributed by atoms with Crippen LogP contribution < -0.4 is 0 Å². The van der Waals surface area contributed by atoms with Crippen molar-refractivity contribution in [2.24, 2.45) is 0 Å². The third-order valence-corrected chi connectivity index (χ3v) is 3.14. The third-order valence-electron chi connectivity index (χ3n) is 1.89. The zero-order valence-electron chi connectivity index (χ0n) is 8.54. The van der Waals surface area contributed by atoms with Crippen molar-refractivity contribution < 1.29 is 13.9 Å². The maximum absolute atomic E-state index is 12.8. The lowest BCUT2D eigenvalue weighted by atomic mass is 10.1. The first-order valence-electron chi connectivity index (χ1n) is 4.85. The fourth-order valence-electron chi connectivity index (χ4n) is 1.20. The van der Waals surface area contributed by atoms with Crippen molar-refractivity contribution >= 4 is 11.8 Å². The molecule has 15 heavy (non-hydrogen) atoms. The van der Waals surface area contributed by atoms with Crippen LogP contribution in [0.1, 0.15) is 25.0 Å². The van der Waals surface area contributed by atoms with Crippen LogP contribution in [-0.4, -0.2) is 16.6 Å². The standard InChI is InChI=1S/C11H14F2OS/c1-2-3-15-7-11(14)8-4-9(12)6-10(13)5-8/h4-6,11,14H,2-3,7H2,1H3. The fraction of sp³-hybridized carbons (Fsp3) is 0.455. The molecule has 0 bridgehead atoms. The van der Waals surface area contributed by atoms with Crippen LogP contribution in [0.3, 0.4) is 0 Å². The number of aliphatic hydroxyl groups excluding tert-OH is 1. The molecule has 1 atom stereocenters. The largest absolute Gasteiger partial charge is 0.388 e. The highest BCUT2D eigenvalue weighted by Crippen LogP contribution is 2.20. The second-order valence-corrected chi connectivity index (χ2v) is 4.44. The first kappa shape index (κ1) is 12.5. The van der Waals surface area contributed by atoms with Crippen molar-refractivity contribution in [1.82, 2.24) is 0 Å². The predicted molar refractivity (Wildman–Crippen MR) is 58.9 cm³/mol. The Balaban J connectivity index is 2.60. The summed E-state index contributed by atoms with van der Waals surface area (Å²) in [4.78, 5) is 0. The third kappa shape index (κ3) is 4.18. The van der Waals surface area contributed by atoms with E-state index in [2.05, 4.69) is 0 Å². The van der Waals surface area contributed by atoms with Crippen LogP contribution in [0.5, 0.6) is 0 Å². The molecule has 0 radical (unpaired) electrons. The van der Waals surface area contributed by atoms with E-state index >= 15 is 0 Å². The summed E-state index contributed by atoms with van der Waals surface area (Å²) < 4.78 is 25.6. The van der Waals surface area contributed by atoms with Gasteiger partial charge in [-0.3, -0.25) is 0 Å². The van der Waals surface area contributed by atoms with E-state index < -0.39 is 17.7 Å². The quantitative estimate of drug-likeness (QED) is 0.787. The lowest BCUT2D eigenvalue weighted by Gasteiger charge is -2.10. The van der Waals surface area contributed by atoms with E-state index in [9.17, 15) is 13.9 Å². The molecule has 0 aliphatic carbocycles. The maximum atomic E-state index is 12.8. The van der Waals surface area contributed by atoms with Gasteiger partial charge in [0, 0.05) is 11.8 Å². The number of aliphatic hydroxyl groups is 1. The van der Waals surface area contributed by atoms with Gasteiger partial charge >= 0.3 is 0 Å². The Kier molecular flexibility index (Phi) is 5.05. The monoisotopic (exact) mass is 232 g/mol. The molecule has 1 N–H and O–H groups in total. The zero-order valence-corrected chi connectivity index (χ0v) is 9.36. The molecule has 1 unspecified atom stereocenters. The molecule has 4 heteroatoms. The second kappa shape index (κ2) is 6.08. The number of benzene rings is 1. The molecule has 1 aromatic carbocycles. The van der Waals surface area contributed by atoms with Crippen LogP contribution in [0.2, 0.25) is 0 Å². The molecular weight excluding hydrogens is 218 g/mol. The summed E-state index contributed by atoms with van der Waals surface area (Å²) in [6.45, 7) is 2.04. The highest BCUT2D eigenvalue weighted by atomic mass is 32.2. The Hall–Kier alpha value is -0.610. The van der Waals surface area contributed by atoms with Gasteiger partial charge < -0.3 is 5.11 Å². The van der Waals surface area contributed by atoms with E-state index in [4.69, 9.17) is 0 Å². The van der Waals surface area contributed by atoms with Crippen LogP contribution in [0.15, 0.2) is 18.2 Å².